The lowest BCUT2D eigenvalue weighted by molar-refractivity contribution is -0.111. The van der Waals surface area contributed by atoms with Gasteiger partial charge in [0.2, 0.25) is 5.91 Å². The molecule has 0 radical (unpaired) electrons. The van der Waals surface area contributed by atoms with Crippen molar-refractivity contribution in [2.75, 3.05) is 50.3 Å². The van der Waals surface area contributed by atoms with Gasteiger partial charge < -0.3 is 20.4 Å². The molecule has 1 amide bonds. The Kier molecular flexibility index (Phi) is 8.01. The number of carbonyl (C=O) groups excluding carboxylic acids is 1. The van der Waals surface area contributed by atoms with Crippen LogP contribution in [-0.2, 0) is 4.79 Å². The van der Waals surface area contributed by atoms with Crippen LogP contribution >= 0.6 is 11.6 Å². The highest BCUT2D eigenvalue weighted by molar-refractivity contribution is 6.31. The number of carbonyl (C=O) groups is 1. The molecule has 0 fully saturated rings. The Bertz CT molecular complexity index is 1450. The molecule has 4 aromatic rings. The summed E-state index contributed by atoms with van der Waals surface area (Å²) < 4.78 is 13.6. The zero-order valence-corrected chi connectivity index (χ0v) is 21.8. The fourth-order valence-corrected chi connectivity index (χ4v) is 3.92. The van der Waals surface area contributed by atoms with Gasteiger partial charge in [-0.2, -0.15) is 0 Å². The zero-order chi connectivity index (χ0) is 26.5. The number of nitrogens with zero attached hydrogens (tertiary/aromatic N) is 4. The molecule has 190 valence electrons. The van der Waals surface area contributed by atoms with Gasteiger partial charge in [0, 0.05) is 54.7 Å². The van der Waals surface area contributed by atoms with Crippen molar-refractivity contribution >= 4 is 51.3 Å². The number of fused-ring (bicyclic) bond motifs is 1. The smallest absolute Gasteiger partial charge is 0.248 e. The van der Waals surface area contributed by atoms with Crippen molar-refractivity contribution in [3.63, 3.8) is 0 Å². The Morgan fingerprint density at radius 3 is 2.46 bits per heavy atom. The summed E-state index contributed by atoms with van der Waals surface area (Å²) in [4.78, 5) is 25.6. The first-order valence-corrected chi connectivity index (χ1v) is 12.0. The summed E-state index contributed by atoms with van der Waals surface area (Å²) in [6.45, 7) is 0.645. The monoisotopic (exact) mass is 518 g/mol. The molecule has 0 saturated carbocycles. The third-order valence-corrected chi connectivity index (χ3v) is 5.94. The van der Waals surface area contributed by atoms with Crippen molar-refractivity contribution in [2.24, 2.45) is 0 Å². The predicted octanol–water partition coefficient (Wildman–Crippen LogP) is 5.96. The van der Waals surface area contributed by atoms with E-state index in [9.17, 15) is 9.18 Å². The first-order chi connectivity index (χ1) is 17.7. The van der Waals surface area contributed by atoms with Crippen molar-refractivity contribution in [1.82, 2.24) is 14.9 Å². The number of amides is 1. The summed E-state index contributed by atoms with van der Waals surface area (Å²) in [5.74, 6) is -0.248. The number of aromatic nitrogens is 2. The zero-order valence-electron chi connectivity index (χ0n) is 21.1. The topological polar surface area (TPSA) is 73.4 Å². The molecule has 0 saturated heterocycles. The van der Waals surface area contributed by atoms with Crippen LogP contribution in [0.25, 0.3) is 22.0 Å². The maximum atomic E-state index is 13.6. The third kappa shape index (κ3) is 6.41. The average molecular weight is 519 g/mol. The van der Waals surface area contributed by atoms with Crippen LogP contribution in [0.3, 0.4) is 0 Å². The number of rotatable bonds is 8. The number of nitrogens with one attached hydrogen (secondary N) is 2. The van der Waals surface area contributed by atoms with Gasteiger partial charge in [0.05, 0.1) is 10.5 Å². The van der Waals surface area contributed by atoms with E-state index in [0.29, 0.717) is 34.6 Å². The van der Waals surface area contributed by atoms with Crippen LogP contribution in [0, 0.1) is 5.82 Å². The van der Waals surface area contributed by atoms with Crippen molar-refractivity contribution in [3.8, 4) is 11.1 Å². The van der Waals surface area contributed by atoms with E-state index in [1.54, 1.807) is 12.1 Å². The molecule has 7 nitrogen and oxygen atoms in total. The van der Waals surface area contributed by atoms with Crippen LogP contribution < -0.4 is 15.5 Å². The van der Waals surface area contributed by atoms with Crippen molar-refractivity contribution in [2.45, 2.75) is 0 Å². The molecule has 0 bridgehead atoms. The molecule has 0 aliphatic carbocycles. The molecule has 1 aromatic heterocycles. The van der Waals surface area contributed by atoms with Gasteiger partial charge in [-0.15, -0.1) is 0 Å². The molecular weight excluding hydrogens is 491 g/mol. The Hall–Kier alpha value is -4.01. The van der Waals surface area contributed by atoms with E-state index in [-0.39, 0.29) is 10.9 Å². The molecule has 0 spiro atoms. The Labute approximate surface area is 220 Å². The lowest BCUT2D eigenvalue weighted by Crippen LogP contribution is -2.13. The summed E-state index contributed by atoms with van der Waals surface area (Å²) >= 11 is 5.95. The molecule has 4 rings (SSSR count). The van der Waals surface area contributed by atoms with Gasteiger partial charge in [-0.3, -0.25) is 4.79 Å². The van der Waals surface area contributed by atoms with E-state index in [4.69, 9.17) is 11.6 Å². The molecule has 1 heterocycles. The highest BCUT2D eigenvalue weighted by atomic mass is 35.5. The summed E-state index contributed by atoms with van der Waals surface area (Å²) in [6, 6.07) is 16.2. The molecule has 0 unspecified atom stereocenters. The standard InChI is InChI=1S/C28H28ClFN6O/c1-35(2)13-5-6-27(37)34-26-16-22-25(15-21(26)18-7-10-20(11-8-18)36(3)4)31-17-32-28(22)33-19-9-12-24(30)23(29)14-19/h5-12,14-17H,13H2,1-4H3,(H,34,37)(H,31,32,33)/b6-5+. The minimum atomic E-state index is -0.503. The fourth-order valence-electron chi connectivity index (χ4n) is 3.74. The normalized spacial score (nSPS) is 11.3. The minimum Gasteiger partial charge on any atom is -0.378 e. The van der Waals surface area contributed by atoms with Crippen LogP contribution in [-0.4, -0.2) is 55.5 Å². The second-order valence-corrected chi connectivity index (χ2v) is 9.39. The quantitative estimate of drug-likeness (QED) is 0.281. The minimum absolute atomic E-state index is 0.00397. The molecule has 0 aliphatic heterocycles. The molecule has 3 aromatic carbocycles. The number of likely N-dealkylation sites (N-methyl/N-ethyl adjacent to an activating group) is 1. The number of hydrogen-bond donors (Lipinski definition) is 2. The average Bonchev–Trinajstić information content (AvgIpc) is 2.86. The second kappa shape index (κ2) is 11.4. The largest absolute Gasteiger partial charge is 0.378 e. The molecule has 0 aliphatic rings. The highest BCUT2D eigenvalue weighted by Crippen LogP contribution is 2.35. The van der Waals surface area contributed by atoms with Crippen molar-refractivity contribution in [1.29, 1.82) is 0 Å². The van der Waals surface area contributed by atoms with Crippen LogP contribution in [0.5, 0.6) is 0 Å². The van der Waals surface area contributed by atoms with E-state index in [1.807, 2.05) is 74.4 Å². The highest BCUT2D eigenvalue weighted by Gasteiger charge is 2.14. The molecule has 37 heavy (non-hydrogen) atoms. The summed E-state index contributed by atoms with van der Waals surface area (Å²) in [7, 11) is 7.83. The predicted molar refractivity (Wildman–Crippen MR) is 150 cm³/mol. The SMILES string of the molecule is CN(C)C/C=C/C(=O)Nc1cc2c(Nc3ccc(F)c(Cl)c3)ncnc2cc1-c1ccc(N(C)C)cc1. The van der Waals surface area contributed by atoms with Gasteiger partial charge >= 0.3 is 0 Å². The van der Waals surface area contributed by atoms with E-state index in [1.165, 1.54) is 24.5 Å². The van der Waals surface area contributed by atoms with Gasteiger partial charge in [0.1, 0.15) is 18.0 Å². The Balaban J connectivity index is 1.78. The van der Waals surface area contributed by atoms with Gasteiger partial charge in [0.15, 0.2) is 0 Å². The maximum Gasteiger partial charge on any atom is 0.248 e. The van der Waals surface area contributed by atoms with Crippen molar-refractivity contribution in [3.05, 3.63) is 83.9 Å². The number of hydrogen-bond acceptors (Lipinski definition) is 6. The van der Waals surface area contributed by atoms with Crippen LogP contribution in [0.15, 0.2) is 73.1 Å². The van der Waals surface area contributed by atoms with Crippen LogP contribution in [0.2, 0.25) is 5.02 Å². The van der Waals surface area contributed by atoms with Crippen molar-refractivity contribution < 1.29 is 9.18 Å². The first-order valence-electron chi connectivity index (χ1n) is 11.6. The second-order valence-electron chi connectivity index (χ2n) is 8.99. The lowest BCUT2D eigenvalue weighted by Gasteiger charge is -2.16. The first kappa shape index (κ1) is 26.1. The molecule has 0 atom stereocenters. The van der Waals surface area contributed by atoms with Crippen LogP contribution in [0.1, 0.15) is 0 Å². The van der Waals surface area contributed by atoms with E-state index in [0.717, 1.165) is 16.8 Å². The Morgan fingerprint density at radius 2 is 1.78 bits per heavy atom. The van der Waals surface area contributed by atoms with E-state index < -0.39 is 5.82 Å². The van der Waals surface area contributed by atoms with Gasteiger partial charge in [-0.25, -0.2) is 14.4 Å². The molecule has 9 heteroatoms. The summed E-state index contributed by atoms with van der Waals surface area (Å²) in [5.41, 5.74) is 4.68. The lowest BCUT2D eigenvalue weighted by atomic mass is 10.0. The third-order valence-electron chi connectivity index (χ3n) is 5.65. The number of halogens is 2. The van der Waals surface area contributed by atoms with E-state index >= 15 is 0 Å². The van der Waals surface area contributed by atoms with Gasteiger partial charge in [-0.05, 0) is 62.1 Å². The van der Waals surface area contributed by atoms with E-state index in [2.05, 4.69) is 20.6 Å². The van der Waals surface area contributed by atoms with Gasteiger partial charge in [0.25, 0.3) is 0 Å². The maximum absolute atomic E-state index is 13.6. The molecular formula is C28H28ClFN6O. The summed E-state index contributed by atoms with van der Waals surface area (Å²) in [6.07, 6.45) is 4.78. The number of anilines is 4. The fraction of sp³-hybridized carbons (Fsp3) is 0.179. The number of benzene rings is 3. The van der Waals surface area contributed by atoms with Crippen LogP contribution in [0.4, 0.5) is 27.3 Å². The van der Waals surface area contributed by atoms with Gasteiger partial charge in [-0.1, -0.05) is 29.8 Å². The Morgan fingerprint density at radius 1 is 1.03 bits per heavy atom. The molecule has 2 N–H and O–H groups in total. The summed E-state index contributed by atoms with van der Waals surface area (Å²) in [5, 5.41) is 6.88.